The number of hydrogen-bond donors (Lipinski definition) is 3. The van der Waals surface area contributed by atoms with E-state index in [0.717, 1.165) is 29.9 Å². The summed E-state index contributed by atoms with van der Waals surface area (Å²) in [5.41, 5.74) is 11.1. The van der Waals surface area contributed by atoms with Gasteiger partial charge in [-0.05, 0) is 43.3 Å². The molecule has 0 bridgehead atoms. The number of anilines is 1. The molecule has 92 valence electrons. The molecule has 1 aromatic rings. The molecule has 0 aromatic heterocycles. The average molecular weight is 250 g/mol. The summed E-state index contributed by atoms with van der Waals surface area (Å²) >= 11 is 5.06. The largest absolute Gasteiger partial charge is 0.399 e. The molecular formula is C12H18N4S. The average Bonchev–Trinajstić information content (AvgIpc) is 2.34. The van der Waals surface area contributed by atoms with Crippen molar-refractivity contribution < 1.29 is 0 Å². The molecule has 0 atom stereocenters. The van der Waals surface area contributed by atoms with Crippen LogP contribution in [0.25, 0.3) is 0 Å². The number of benzene rings is 1. The first kappa shape index (κ1) is 13.4. The number of nitrogens with two attached hydrogens (primary N) is 1. The number of hydrogen-bond acceptors (Lipinski definition) is 3. The highest BCUT2D eigenvalue weighted by Crippen LogP contribution is 2.06. The molecule has 0 heterocycles. The lowest BCUT2D eigenvalue weighted by atomic mass is 10.1. The van der Waals surface area contributed by atoms with Gasteiger partial charge in [0.2, 0.25) is 0 Å². The van der Waals surface area contributed by atoms with Crippen LogP contribution in [0.3, 0.4) is 0 Å². The molecule has 0 saturated heterocycles. The van der Waals surface area contributed by atoms with Gasteiger partial charge in [0, 0.05) is 12.2 Å². The van der Waals surface area contributed by atoms with Crippen LogP contribution in [0.4, 0.5) is 5.69 Å². The first-order valence-corrected chi connectivity index (χ1v) is 5.98. The summed E-state index contributed by atoms with van der Waals surface area (Å²) in [4.78, 5) is 0. The Balaban J connectivity index is 2.54. The molecule has 0 aliphatic carbocycles. The van der Waals surface area contributed by atoms with Crippen molar-refractivity contribution in [3.8, 4) is 0 Å². The van der Waals surface area contributed by atoms with Gasteiger partial charge in [-0.3, -0.25) is 5.43 Å². The summed E-state index contributed by atoms with van der Waals surface area (Å²) in [6.45, 7) is 4.85. The summed E-state index contributed by atoms with van der Waals surface area (Å²) in [5, 5.41) is 7.78. The van der Waals surface area contributed by atoms with Gasteiger partial charge in [0.05, 0.1) is 5.71 Å². The van der Waals surface area contributed by atoms with Gasteiger partial charge in [-0.25, -0.2) is 0 Å². The van der Waals surface area contributed by atoms with Gasteiger partial charge in [-0.2, -0.15) is 5.10 Å². The molecule has 1 rings (SSSR count). The van der Waals surface area contributed by atoms with Crippen LogP contribution in [0.2, 0.25) is 0 Å². The molecule has 0 saturated carbocycles. The lowest BCUT2D eigenvalue weighted by molar-refractivity contribution is 0.816. The molecule has 4 N–H and O–H groups in total. The standard InChI is InChI=1S/C12H18N4S/c1-3-8-14-12(17)16-15-9(2)10-4-6-11(13)7-5-10/h4-7H,3,8,13H2,1-2H3,(H2,14,16,17)/b15-9-. The molecule has 0 aliphatic heterocycles. The van der Waals surface area contributed by atoms with Gasteiger partial charge >= 0.3 is 0 Å². The van der Waals surface area contributed by atoms with E-state index in [2.05, 4.69) is 22.8 Å². The fourth-order valence-corrected chi connectivity index (χ4v) is 1.35. The molecule has 17 heavy (non-hydrogen) atoms. The van der Waals surface area contributed by atoms with E-state index >= 15 is 0 Å². The fourth-order valence-electron chi connectivity index (χ4n) is 1.20. The third kappa shape index (κ3) is 4.82. The van der Waals surface area contributed by atoms with Crippen molar-refractivity contribution in [1.82, 2.24) is 10.7 Å². The van der Waals surface area contributed by atoms with Crippen molar-refractivity contribution in [1.29, 1.82) is 0 Å². The Morgan fingerprint density at radius 3 is 2.59 bits per heavy atom. The third-order valence-electron chi connectivity index (χ3n) is 2.19. The summed E-state index contributed by atoms with van der Waals surface area (Å²) in [6.07, 6.45) is 1.03. The van der Waals surface area contributed by atoms with Gasteiger partial charge in [0.1, 0.15) is 0 Å². The van der Waals surface area contributed by atoms with Crippen molar-refractivity contribution in [2.24, 2.45) is 5.10 Å². The van der Waals surface area contributed by atoms with Crippen LogP contribution in [0.15, 0.2) is 29.4 Å². The summed E-state index contributed by atoms with van der Waals surface area (Å²) in [6, 6.07) is 7.56. The van der Waals surface area contributed by atoms with Crippen molar-refractivity contribution in [3.63, 3.8) is 0 Å². The van der Waals surface area contributed by atoms with E-state index in [0.29, 0.717) is 5.11 Å². The summed E-state index contributed by atoms with van der Waals surface area (Å²) < 4.78 is 0. The Kier molecular flexibility index (Phi) is 5.42. The number of hydrazone groups is 1. The van der Waals surface area contributed by atoms with Gasteiger partial charge in [-0.15, -0.1) is 0 Å². The van der Waals surface area contributed by atoms with Crippen molar-refractivity contribution in [3.05, 3.63) is 29.8 Å². The first-order chi connectivity index (χ1) is 8.13. The second-order valence-electron chi connectivity index (χ2n) is 3.69. The number of rotatable bonds is 4. The molecule has 5 heteroatoms. The summed E-state index contributed by atoms with van der Waals surface area (Å²) in [7, 11) is 0. The van der Waals surface area contributed by atoms with E-state index in [9.17, 15) is 0 Å². The fraction of sp³-hybridized carbons (Fsp3) is 0.333. The molecule has 0 spiro atoms. The van der Waals surface area contributed by atoms with Crippen molar-refractivity contribution >= 4 is 28.7 Å². The zero-order valence-corrected chi connectivity index (χ0v) is 11.0. The Hall–Kier alpha value is -1.62. The lowest BCUT2D eigenvalue weighted by Crippen LogP contribution is -2.32. The molecule has 0 unspecified atom stereocenters. The van der Waals surface area contributed by atoms with E-state index in [1.807, 2.05) is 31.2 Å². The maximum absolute atomic E-state index is 5.62. The number of nitrogens with one attached hydrogen (secondary N) is 2. The lowest BCUT2D eigenvalue weighted by Gasteiger charge is -2.06. The Morgan fingerprint density at radius 1 is 1.35 bits per heavy atom. The minimum absolute atomic E-state index is 0.543. The molecule has 0 amide bonds. The van der Waals surface area contributed by atoms with Gasteiger partial charge in [0.25, 0.3) is 0 Å². The monoisotopic (exact) mass is 250 g/mol. The highest BCUT2D eigenvalue weighted by atomic mass is 32.1. The molecule has 1 aromatic carbocycles. The zero-order chi connectivity index (χ0) is 12.7. The van der Waals surface area contributed by atoms with Gasteiger partial charge < -0.3 is 11.1 Å². The molecule has 0 fully saturated rings. The first-order valence-electron chi connectivity index (χ1n) is 5.57. The van der Waals surface area contributed by atoms with Crippen LogP contribution in [-0.4, -0.2) is 17.4 Å². The van der Waals surface area contributed by atoms with E-state index in [1.54, 1.807) is 0 Å². The molecular weight excluding hydrogens is 232 g/mol. The van der Waals surface area contributed by atoms with E-state index in [1.165, 1.54) is 0 Å². The second-order valence-corrected chi connectivity index (χ2v) is 4.10. The van der Waals surface area contributed by atoms with Crippen LogP contribution < -0.4 is 16.5 Å². The van der Waals surface area contributed by atoms with Crippen molar-refractivity contribution in [2.45, 2.75) is 20.3 Å². The summed E-state index contributed by atoms with van der Waals surface area (Å²) in [5.74, 6) is 0. The quantitative estimate of drug-likeness (QED) is 0.330. The van der Waals surface area contributed by atoms with E-state index in [4.69, 9.17) is 18.0 Å². The SMILES string of the molecule is CCCNC(=S)N/N=C(/C)c1ccc(N)cc1. The third-order valence-corrected chi connectivity index (χ3v) is 2.42. The number of thiocarbonyl (C=S) groups is 1. The minimum Gasteiger partial charge on any atom is -0.399 e. The van der Waals surface area contributed by atoms with Crippen LogP contribution in [0.5, 0.6) is 0 Å². The highest BCUT2D eigenvalue weighted by Gasteiger charge is 1.97. The van der Waals surface area contributed by atoms with Crippen LogP contribution in [0, 0.1) is 0 Å². The second kappa shape index (κ2) is 6.85. The minimum atomic E-state index is 0.543. The van der Waals surface area contributed by atoms with Gasteiger partial charge in [-0.1, -0.05) is 19.1 Å². The van der Waals surface area contributed by atoms with E-state index < -0.39 is 0 Å². The Bertz CT molecular complexity index is 397. The van der Waals surface area contributed by atoms with E-state index in [-0.39, 0.29) is 0 Å². The zero-order valence-electron chi connectivity index (χ0n) is 10.2. The smallest absolute Gasteiger partial charge is 0.186 e. The normalized spacial score (nSPS) is 11.1. The molecule has 0 aliphatic rings. The highest BCUT2D eigenvalue weighted by molar-refractivity contribution is 7.80. The van der Waals surface area contributed by atoms with Crippen LogP contribution in [0.1, 0.15) is 25.8 Å². The van der Waals surface area contributed by atoms with Crippen LogP contribution >= 0.6 is 12.2 Å². The molecule has 0 radical (unpaired) electrons. The number of nitrogens with zero attached hydrogens (tertiary/aromatic N) is 1. The topological polar surface area (TPSA) is 62.4 Å². The van der Waals surface area contributed by atoms with Crippen molar-refractivity contribution in [2.75, 3.05) is 12.3 Å². The molecule has 4 nitrogen and oxygen atoms in total. The van der Waals surface area contributed by atoms with Crippen LogP contribution in [-0.2, 0) is 0 Å². The predicted octanol–water partition coefficient (Wildman–Crippen LogP) is 1.87. The predicted molar refractivity (Wildman–Crippen MR) is 77.1 cm³/mol. The Labute approximate surface area is 107 Å². The number of nitrogen functional groups attached to an aromatic ring is 1. The Morgan fingerprint density at radius 2 is 2.00 bits per heavy atom. The maximum atomic E-state index is 5.62. The maximum Gasteiger partial charge on any atom is 0.186 e. The van der Waals surface area contributed by atoms with Gasteiger partial charge in [0.15, 0.2) is 5.11 Å².